The summed E-state index contributed by atoms with van der Waals surface area (Å²) >= 11 is 0. The van der Waals surface area contributed by atoms with E-state index < -0.39 is 0 Å². The molecule has 1 aromatic carbocycles. The molecular weight excluding hydrogens is 368 g/mol. The van der Waals surface area contributed by atoms with Crippen molar-refractivity contribution >= 4 is 28.2 Å². The van der Waals surface area contributed by atoms with E-state index in [9.17, 15) is 4.79 Å². The number of carbonyl (C=O) groups is 1. The van der Waals surface area contributed by atoms with Gasteiger partial charge in [0.25, 0.3) is 0 Å². The molecular formula is C21H22N6O2. The Balaban J connectivity index is 1.57. The molecule has 1 fully saturated rings. The molecule has 8 heteroatoms. The monoisotopic (exact) mass is 390 g/mol. The third-order valence-electron chi connectivity index (χ3n) is 5.90. The number of nitrogens with zero attached hydrogens (tertiary/aromatic N) is 4. The molecule has 0 spiro atoms. The molecule has 4 aromatic rings. The Hall–Kier alpha value is -3.42. The van der Waals surface area contributed by atoms with Gasteiger partial charge in [-0.3, -0.25) is 4.79 Å². The largest absolute Gasteiger partial charge is 0.469 e. The Bertz CT molecular complexity index is 1170. The van der Waals surface area contributed by atoms with Crippen LogP contribution >= 0.6 is 0 Å². The van der Waals surface area contributed by atoms with Gasteiger partial charge >= 0.3 is 5.97 Å². The number of anilines is 1. The van der Waals surface area contributed by atoms with Gasteiger partial charge in [-0.1, -0.05) is 18.2 Å². The first kappa shape index (κ1) is 17.7. The van der Waals surface area contributed by atoms with Gasteiger partial charge in [-0.25, -0.2) is 14.5 Å². The third kappa shape index (κ3) is 2.91. The number of carbonyl (C=O) groups excluding carboxylic acids is 1. The van der Waals surface area contributed by atoms with Crippen LogP contribution < -0.4 is 5.73 Å². The van der Waals surface area contributed by atoms with Crippen molar-refractivity contribution in [2.24, 2.45) is 5.92 Å². The van der Waals surface area contributed by atoms with E-state index in [0.29, 0.717) is 11.3 Å². The van der Waals surface area contributed by atoms with E-state index in [0.717, 1.165) is 53.8 Å². The maximum absolute atomic E-state index is 11.9. The maximum Gasteiger partial charge on any atom is 0.308 e. The van der Waals surface area contributed by atoms with Crippen LogP contribution in [0, 0.1) is 5.92 Å². The minimum absolute atomic E-state index is 0.0321. The molecule has 3 heterocycles. The lowest BCUT2D eigenvalue weighted by Crippen LogP contribution is -2.23. The summed E-state index contributed by atoms with van der Waals surface area (Å²) in [5.74, 6) is 1.31. The van der Waals surface area contributed by atoms with Crippen molar-refractivity contribution in [2.45, 2.75) is 31.6 Å². The lowest BCUT2D eigenvalue weighted by atomic mass is 9.81. The average Bonchev–Trinajstić information content (AvgIpc) is 3.35. The maximum atomic E-state index is 11.9. The Kier molecular flexibility index (Phi) is 4.19. The first-order chi connectivity index (χ1) is 14.2. The standard InChI is InChI=1S/C21H22N6O2/c1-29-21(28)13-8-6-12(7-9-13)20-26-17(18-19(22)23-11-24-27(18)20)16-10-14-4-2-3-5-15(14)25-16/h2-5,10-13,25H,6-9H2,1H3,(H2,22,23,24). The lowest BCUT2D eigenvalue weighted by Gasteiger charge is -2.25. The highest BCUT2D eigenvalue weighted by atomic mass is 16.5. The van der Waals surface area contributed by atoms with Gasteiger partial charge < -0.3 is 15.5 Å². The summed E-state index contributed by atoms with van der Waals surface area (Å²) < 4.78 is 6.72. The van der Waals surface area contributed by atoms with Gasteiger partial charge in [0, 0.05) is 16.8 Å². The molecule has 5 rings (SSSR count). The summed E-state index contributed by atoms with van der Waals surface area (Å²) in [6.45, 7) is 0. The van der Waals surface area contributed by atoms with Gasteiger partial charge in [-0.05, 0) is 37.8 Å². The van der Waals surface area contributed by atoms with E-state index in [2.05, 4.69) is 27.2 Å². The number of fused-ring (bicyclic) bond motifs is 2. The minimum atomic E-state index is -0.123. The molecule has 148 valence electrons. The van der Waals surface area contributed by atoms with Crippen molar-refractivity contribution in [1.29, 1.82) is 0 Å². The Labute approximate surface area is 167 Å². The number of H-pyrrole nitrogens is 1. The number of nitrogens with one attached hydrogen (secondary N) is 1. The number of nitrogens with two attached hydrogens (primary N) is 1. The molecule has 0 unspecified atom stereocenters. The van der Waals surface area contributed by atoms with E-state index in [-0.39, 0.29) is 17.8 Å². The third-order valence-corrected chi connectivity index (χ3v) is 5.90. The number of methoxy groups -OCH3 is 1. The fourth-order valence-corrected chi connectivity index (χ4v) is 4.38. The molecule has 0 atom stereocenters. The van der Waals surface area contributed by atoms with E-state index >= 15 is 0 Å². The summed E-state index contributed by atoms with van der Waals surface area (Å²) in [6, 6.07) is 10.2. The van der Waals surface area contributed by atoms with Crippen molar-refractivity contribution in [2.75, 3.05) is 12.8 Å². The van der Waals surface area contributed by atoms with Crippen LogP contribution in [0.15, 0.2) is 36.7 Å². The van der Waals surface area contributed by atoms with Gasteiger partial charge in [-0.15, -0.1) is 0 Å². The van der Waals surface area contributed by atoms with Crippen molar-refractivity contribution in [3.05, 3.63) is 42.5 Å². The molecule has 0 radical (unpaired) electrons. The number of aromatic amines is 1. The van der Waals surface area contributed by atoms with E-state index in [1.807, 2.05) is 22.7 Å². The van der Waals surface area contributed by atoms with Crippen molar-refractivity contribution < 1.29 is 9.53 Å². The van der Waals surface area contributed by atoms with Gasteiger partial charge in [-0.2, -0.15) is 5.10 Å². The highest BCUT2D eigenvalue weighted by Crippen LogP contribution is 2.38. The summed E-state index contributed by atoms with van der Waals surface area (Å²) in [5, 5.41) is 5.56. The number of benzene rings is 1. The van der Waals surface area contributed by atoms with Crippen molar-refractivity contribution in [3.8, 4) is 11.4 Å². The molecule has 1 saturated carbocycles. The number of rotatable bonds is 3. The van der Waals surface area contributed by atoms with Gasteiger partial charge in [0.05, 0.1) is 18.7 Å². The summed E-state index contributed by atoms with van der Waals surface area (Å²) in [5.41, 5.74) is 9.62. The number of para-hydroxylation sites is 1. The van der Waals surface area contributed by atoms with Gasteiger partial charge in [0.15, 0.2) is 5.82 Å². The lowest BCUT2D eigenvalue weighted by molar-refractivity contribution is -0.146. The Morgan fingerprint density at radius 3 is 2.79 bits per heavy atom. The number of ether oxygens (including phenoxy) is 1. The molecule has 29 heavy (non-hydrogen) atoms. The normalized spacial score (nSPS) is 19.6. The average molecular weight is 390 g/mol. The van der Waals surface area contributed by atoms with Crippen LogP contribution in [0.5, 0.6) is 0 Å². The zero-order chi connectivity index (χ0) is 20.0. The van der Waals surface area contributed by atoms with Crippen LogP contribution in [0.1, 0.15) is 37.4 Å². The SMILES string of the molecule is COC(=O)C1CCC(c2nc(-c3cc4ccccc4[nH]3)c3c(N)ncnn23)CC1. The molecule has 1 aliphatic carbocycles. The first-order valence-electron chi connectivity index (χ1n) is 9.80. The van der Waals surface area contributed by atoms with E-state index in [4.69, 9.17) is 15.5 Å². The van der Waals surface area contributed by atoms with Crippen LogP contribution in [0.2, 0.25) is 0 Å². The summed E-state index contributed by atoms with van der Waals surface area (Å²) in [4.78, 5) is 24.4. The molecule has 0 amide bonds. The number of esters is 1. The molecule has 3 aromatic heterocycles. The fraction of sp³-hybridized carbons (Fsp3) is 0.333. The molecule has 3 N–H and O–H groups in total. The molecule has 1 aliphatic rings. The smallest absolute Gasteiger partial charge is 0.308 e. The Morgan fingerprint density at radius 1 is 1.24 bits per heavy atom. The highest BCUT2D eigenvalue weighted by molar-refractivity contribution is 5.91. The topological polar surface area (TPSA) is 111 Å². The van der Waals surface area contributed by atoms with Crippen LogP contribution in [0.4, 0.5) is 5.82 Å². The van der Waals surface area contributed by atoms with Crippen LogP contribution in [0.3, 0.4) is 0 Å². The van der Waals surface area contributed by atoms with Crippen LogP contribution in [-0.4, -0.2) is 37.6 Å². The molecule has 0 aliphatic heterocycles. The minimum Gasteiger partial charge on any atom is -0.469 e. The predicted molar refractivity (Wildman–Crippen MR) is 109 cm³/mol. The van der Waals surface area contributed by atoms with Crippen molar-refractivity contribution in [3.63, 3.8) is 0 Å². The molecule has 0 saturated heterocycles. The Morgan fingerprint density at radius 2 is 2.03 bits per heavy atom. The molecule has 0 bridgehead atoms. The van der Waals surface area contributed by atoms with Crippen LogP contribution in [0.25, 0.3) is 27.8 Å². The first-order valence-corrected chi connectivity index (χ1v) is 9.80. The van der Waals surface area contributed by atoms with Gasteiger partial charge in [0.1, 0.15) is 23.4 Å². The highest BCUT2D eigenvalue weighted by Gasteiger charge is 2.31. The van der Waals surface area contributed by atoms with E-state index in [1.165, 1.54) is 13.4 Å². The number of hydrogen-bond donors (Lipinski definition) is 2. The quantitative estimate of drug-likeness (QED) is 0.519. The number of aromatic nitrogens is 5. The van der Waals surface area contributed by atoms with E-state index in [1.54, 1.807) is 0 Å². The van der Waals surface area contributed by atoms with Crippen molar-refractivity contribution in [1.82, 2.24) is 24.6 Å². The number of hydrogen-bond acceptors (Lipinski definition) is 6. The molecule has 8 nitrogen and oxygen atoms in total. The zero-order valence-electron chi connectivity index (χ0n) is 16.1. The van der Waals surface area contributed by atoms with Gasteiger partial charge in [0.2, 0.25) is 0 Å². The second kappa shape index (κ2) is 6.88. The summed E-state index contributed by atoms with van der Waals surface area (Å²) in [7, 11) is 1.45. The number of imidazole rings is 1. The predicted octanol–water partition coefficient (Wildman–Crippen LogP) is 3.30. The second-order valence-electron chi connectivity index (χ2n) is 7.57. The number of nitrogen functional groups attached to an aromatic ring is 1. The second-order valence-corrected chi connectivity index (χ2v) is 7.57. The summed E-state index contributed by atoms with van der Waals surface area (Å²) in [6.07, 6.45) is 4.75. The van der Waals surface area contributed by atoms with Crippen LogP contribution in [-0.2, 0) is 9.53 Å². The fourth-order valence-electron chi connectivity index (χ4n) is 4.38. The zero-order valence-corrected chi connectivity index (χ0v) is 16.1.